The summed E-state index contributed by atoms with van der Waals surface area (Å²) in [6.07, 6.45) is 3.25. The van der Waals surface area contributed by atoms with Crippen molar-refractivity contribution in [1.82, 2.24) is 0 Å². The Bertz CT molecular complexity index is 208. The maximum Gasteiger partial charge on any atom is 0.0637 e. The molecule has 0 saturated carbocycles. The van der Waals surface area contributed by atoms with Crippen LogP contribution in [0.3, 0.4) is 0 Å². The lowest BCUT2D eigenvalue weighted by Crippen LogP contribution is -2.29. The van der Waals surface area contributed by atoms with Gasteiger partial charge in [0.1, 0.15) is 0 Å². The van der Waals surface area contributed by atoms with E-state index in [9.17, 15) is 4.21 Å². The van der Waals surface area contributed by atoms with Crippen LogP contribution in [-0.4, -0.2) is 29.3 Å². The Kier molecular flexibility index (Phi) is 4.03. The van der Waals surface area contributed by atoms with E-state index in [1.54, 1.807) is 12.5 Å². The van der Waals surface area contributed by atoms with Gasteiger partial charge in [-0.3, -0.25) is 4.21 Å². The normalized spacial score (nSPS) is 15.1. The molecule has 0 radical (unpaired) electrons. The Hall–Kier alpha value is -0.0900. The maximum absolute atomic E-state index is 11.1. The lowest BCUT2D eigenvalue weighted by molar-refractivity contribution is 0.503. The zero-order chi connectivity index (χ0) is 9.07. The second kappa shape index (κ2) is 4.07. The lowest BCUT2D eigenvalue weighted by Gasteiger charge is -2.12. The summed E-state index contributed by atoms with van der Waals surface area (Å²) in [6.45, 7) is 4.57. The summed E-state index contributed by atoms with van der Waals surface area (Å²) < 4.78 is 15.1. The fourth-order valence-corrected chi connectivity index (χ4v) is 1.01. The Labute approximate surface area is 69.5 Å². The zero-order valence-electron chi connectivity index (χ0n) is 7.70. The molecule has 0 aliphatic heterocycles. The summed E-state index contributed by atoms with van der Waals surface area (Å²) in [5, 5.41) is 0. The Morgan fingerprint density at radius 2 is 1.91 bits per heavy atom. The molecule has 0 spiro atoms. The molecule has 0 unspecified atom stereocenters. The van der Waals surface area contributed by atoms with Crippen molar-refractivity contribution < 1.29 is 4.21 Å². The molecule has 0 fully saturated rings. The Morgan fingerprint density at radius 1 is 1.45 bits per heavy atom. The van der Waals surface area contributed by atoms with Crippen molar-refractivity contribution in [1.29, 1.82) is 0 Å². The maximum atomic E-state index is 11.1. The Balaban J connectivity index is 4.00. The molecule has 1 atom stereocenters. The summed E-state index contributed by atoms with van der Waals surface area (Å²) in [6, 6.07) is 0.0377. The lowest BCUT2D eigenvalue weighted by atomic mass is 10.1. The summed E-state index contributed by atoms with van der Waals surface area (Å²) in [7, 11) is -1.96. The highest BCUT2D eigenvalue weighted by atomic mass is 32.2. The van der Waals surface area contributed by atoms with Crippen LogP contribution in [0.1, 0.15) is 13.8 Å². The van der Waals surface area contributed by atoms with Crippen molar-refractivity contribution in [2.75, 3.05) is 19.1 Å². The largest absolute Gasteiger partial charge is 0.326 e. The van der Waals surface area contributed by atoms with Crippen LogP contribution in [0, 0.1) is 5.92 Å². The van der Waals surface area contributed by atoms with Crippen LogP contribution < -0.4 is 5.73 Å². The van der Waals surface area contributed by atoms with E-state index < -0.39 is 9.73 Å². The SMILES string of the molecule is CC(C)[C@@H](N)CN=S(C)(C)=O. The van der Waals surface area contributed by atoms with Crippen LogP contribution in [-0.2, 0) is 9.73 Å². The smallest absolute Gasteiger partial charge is 0.0637 e. The van der Waals surface area contributed by atoms with Gasteiger partial charge < -0.3 is 5.73 Å². The minimum atomic E-state index is -1.96. The molecule has 0 aromatic carbocycles. The monoisotopic (exact) mass is 178 g/mol. The molecule has 0 heterocycles. The number of nitrogens with zero attached hydrogens (tertiary/aromatic N) is 1. The van der Waals surface area contributed by atoms with Crippen LogP contribution >= 0.6 is 0 Å². The van der Waals surface area contributed by atoms with Crippen LogP contribution in [0.5, 0.6) is 0 Å². The third-order valence-corrected chi connectivity index (χ3v) is 2.22. The summed E-state index contributed by atoms with van der Waals surface area (Å²) in [4.78, 5) is 0. The molecule has 0 aromatic heterocycles. The topological polar surface area (TPSA) is 55.4 Å². The van der Waals surface area contributed by atoms with Gasteiger partial charge in [-0.05, 0) is 5.92 Å². The number of hydrogen-bond acceptors (Lipinski definition) is 3. The van der Waals surface area contributed by atoms with Gasteiger partial charge in [-0.25, -0.2) is 4.36 Å². The first-order valence-electron chi connectivity index (χ1n) is 3.71. The molecule has 68 valence electrons. The van der Waals surface area contributed by atoms with Crippen molar-refractivity contribution in [2.24, 2.45) is 16.0 Å². The first-order chi connectivity index (χ1) is 4.83. The van der Waals surface area contributed by atoms with E-state index in [0.29, 0.717) is 12.5 Å². The Morgan fingerprint density at radius 3 is 2.18 bits per heavy atom. The van der Waals surface area contributed by atoms with Crippen molar-refractivity contribution in [3.8, 4) is 0 Å². The van der Waals surface area contributed by atoms with E-state index in [-0.39, 0.29) is 6.04 Å². The summed E-state index contributed by atoms with van der Waals surface area (Å²) >= 11 is 0. The average molecular weight is 178 g/mol. The zero-order valence-corrected chi connectivity index (χ0v) is 8.52. The molecule has 0 rings (SSSR count). The third-order valence-electron chi connectivity index (χ3n) is 1.45. The second-order valence-electron chi connectivity index (χ2n) is 3.40. The molecule has 0 aliphatic rings. The minimum absolute atomic E-state index is 0.0377. The molecule has 0 saturated heterocycles. The van der Waals surface area contributed by atoms with E-state index in [0.717, 1.165) is 0 Å². The van der Waals surface area contributed by atoms with Crippen molar-refractivity contribution in [3.63, 3.8) is 0 Å². The molecule has 0 amide bonds. The molecule has 0 aromatic rings. The van der Waals surface area contributed by atoms with E-state index >= 15 is 0 Å². The molecule has 4 heteroatoms. The van der Waals surface area contributed by atoms with Crippen LogP contribution in [0.15, 0.2) is 4.36 Å². The average Bonchev–Trinajstić information content (AvgIpc) is 1.80. The molecule has 2 N–H and O–H groups in total. The highest BCUT2D eigenvalue weighted by Gasteiger charge is 2.06. The van der Waals surface area contributed by atoms with E-state index in [1.807, 2.05) is 13.8 Å². The van der Waals surface area contributed by atoms with Crippen molar-refractivity contribution >= 4 is 9.73 Å². The van der Waals surface area contributed by atoms with Gasteiger partial charge in [-0.15, -0.1) is 0 Å². The van der Waals surface area contributed by atoms with Gasteiger partial charge in [-0.2, -0.15) is 0 Å². The van der Waals surface area contributed by atoms with Crippen LogP contribution in [0.25, 0.3) is 0 Å². The van der Waals surface area contributed by atoms with Gasteiger partial charge in [-0.1, -0.05) is 13.8 Å². The summed E-state index contributed by atoms with van der Waals surface area (Å²) in [5.41, 5.74) is 5.70. The first kappa shape index (κ1) is 10.9. The van der Waals surface area contributed by atoms with Crippen LogP contribution in [0.2, 0.25) is 0 Å². The minimum Gasteiger partial charge on any atom is -0.326 e. The molecular weight excluding hydrogens is 160 g/mol. The standard InChI is InChI=1S/C7H18N2OS/c1-6(2)7(8)5-9-11(3,4)10/h6-7H,5,8H2,1-4H3/t7-/m0/s1. The third kappa shape index (κ3) is 6.31. The van der Waals surface area contributed by atoms with E-state index in [4.69, 9.17) is 5.73 Å². The van der Waals surface area contributed by atoms with E-state index in [1.165, 1.54) is 0 Å². The van der Waals surface area contributed by atoms with Gasteiger partial charge in [0.2, 0.25) is 0 Å². The van der Waals surface area contributed by atoms with Gasteiger partial charge in [0.15, 0.2) is 0 Å². The molecule has 0 bridgehead atoms. The number of hydrogen-bond donors (Lipinski definition) is 1. The highest BCUT2D eigenvalue weighted by molar-refractivity contribution is 7.92. The van der Waals surface area contributed by atoms with Gasteiger partial charge in [0.25, 0.3) is 0 Å². The summed E-state index contributed by atoms with van der Waals surface area (Å²) in [5.74, 6) is 0.403. The van der Waals surface area contributed by atoms with Crippen molar-refractivity contribution in [3.05, 3.63) is 0 Å². The molecular formula is C7H18N2OS. The predicted molar refractivity (Wildman–Crippen MR) is 50.1 cm³/mol. The molecule has 3 nitrogen and oxygen atoms in total. The van der Waals surface area contributed by atoms with Gasteiger partial charge >= 0.3 is 0 Å². The van der Waals surface area contributed by atoms with Crippen molar-refractivity contribution in [2.45, 2.75) is 19.9 Å². The molecule has 11 heavy (non-hydrogen) atoms. The predicted octanol–water partition coefficient (Wildman–Crippen LogP) is 0.697. The van der Waals surface area contributed by atoms with Gasteiger partial charge in [0, 0.05) is 28.3 Å². The highest BCUT2D eigenvalue weighted by Crippen LogP contribution is 1.99. The number of nitrogens with two attached hydrogens (primary N) is 1. The fourth-order valence-electron chi connectivity index (χ4n) is 0.476. The van der Waals surface area contributed by atoms with Crippen LogP contribution in [0.4, 0.5) is 0 Å². The first-order valence-corrected chi connectivity index (χ1v) is 6.04. The van der Waals surface area contributed by atoms with E-state index in [2.05, 4.69) is 4.36 Å². The fraction of sp³-hybridized carbons (Fsp3) is 1.00. The second-order valence-corrected chi connectivity index (χ2v) is 6.02. The molecule has 0 aliphatic carbocycles. The quantitative estimate of drug-likeness (QED) is 0.691. The number of rotatable bonds is 3. The van der Waals surface area contributed by atoms with Gasteiger partial charge in [0.05, 0.1) is 6.54 Å².